The summed E-state index contributed by atoms with van der Waals surface area (Å²) in [4.78, 5) is 25.0. The van der Waals surface area contributed by atoms with Crippen LogP contribution in [0.1, 0.15) is 103 Å². The summed E-state index contributed by atoms with van der Waals surface area (Å²) in [5, 5.41) is 0. The van der Waals surface area contributed by atoms with Crippen molar-refractivity contribution in [1.29, 1.82) is 0 Å². The van der Waals surface area contributed by atoms with Gasteiger partial charge in [-0.3, -0.25) is 9.59 Å². The van der Waals surface area contributed by atoms with Crippen LogP contribution in [0.2, 0.25) is 0 Å². The summed E-state index contributed by atoms with van der Waals surface area (Å²) >= 11 is 0. The number of unbranched alkanes of at least 4 members (excludes halogenated alkanes) is 11. The van der Waals surface area contributed by atoms with E-state index in [2.05, 4.69) is 6.92 Å². The van der Waals surface area contributed by atoms with Crippen molar-refractivity contribution in [3.63, 3.8) is 0 Å². The Kier molecular flexibility index (Phi) is 13.4. The second-order valence-corrected chi connectivity index (χ2v) is 7.38. The van der Waals surface area contributed by atoms with Crippen LogP contribution in [0.15, 0.2) is 0 Å². The molecule has 0 spiro atoms. The van der Waals surface area contributed by atoms with Gasteiger partial charge in [0.1, 0.15) is 6.54 Å². The molecular weight excluding hydrogens is 314 g/mol. The standard InChI is InChI=1S/C21H39NO3/c1-2-3-4-5-6-7-8-9-10-11-12-15-18-25-21(24)19-22-17-14-13-16-20(22)23/h2-19H2,1H3. The van der Waals surface area contributed by atoms with E-state index < -0.39 is 0 Å². The first kappa shape index (κ1) is 22.0. The Morgan fingerprint density at radius 3 is 2.00 bits per heavy atom. The first-order valence-corrected chi connectivity index (χ1v) is 10.7. The smallest absolute Gasteiger partial charge is 0.325 e. The van der Waals surface area contributed by atoms with Crippen LogP contribution in [0.5, 0.6) is 0 Å². The summed E-state index contributed by atoms with van der Waals surface area (Å²) in [7, 11) is 0. The minimum absolute atomic E-state index is 0.0913. The predicted molar refractivity (Wildman–Crippen MR) is 102 cm³/mol. The number of nitrogens with zero attached hydrogens (tertiary/aromatic N) is 1. The lowest BCUT2D eigenvalue weighted by atomic mass is 10.1. The molecule has 0 aliphatic carbocycles. The summed E-state index contributed by atoms with van der Waals surface area (Å²) in [6.45, 7) is 3.60. The molecule has 4 nitrogen and oxygen atoms in total. The SMILES string of the molecule is CCCCCCCCCCCCCCOC(=O)CN1CCCCC1=O. The summed E-state index contributed by atoms with van der Waals surface area (Å²) in [5.41, 5.74) is 0. The third-order valence-electron chi connectivity index (χ3n) is 5.00. The molecule has 4 heteroatoms. The van der Waals surface area contributed by atoms with Gasteiger partial charge in [-0.25, -0.2) is 0 Å². The van der Waals surface area contributed by atoms with E-state index in [1.54, 1.807) is 4.90 Å². The minimum Gasteiger partial charge on any atom is -0.464 e. The van der Waals surface area contributed by atoms with E-state index in [4.69, 9.17) is 4.74 Å². The van der Waals surface area contributed by atoms with Crippen LogP contribution >= 0.6 is 0 Å². The molecule has 25 heavy (non-hydrogen) atoms. The van der Waals surface area contributed by atoms with E-state index >= 15 is 0 Å². The number of amides is 1. The number of esters is 1. The maximum absolute atomic E-state index is 11.7. The maximum Gasteiger partial charge on any atom is 0.325 e. The Hall–Kier alpha value is -1.06. The number of ether oxygens (including phenoxy) is 1. The maximum atomic E-state index is 11.7. The molecule has 0 radical (unpaired) electrons. The predicted octanol–water partition coefficient (Wildman–Crippen LogP) is 5.24. The van der Waals surface area contributed by atoms with E-state index in [1.165, 1.54) is 64.2 Å². The molecule has 1 amide bonds. The van der Waals surface area contributed by atoms with Gasteiger partial charge in [-0.2, -0.15) is 0 Å². The number of hydrogen-bond acceptors (Lipinski definition) is 3. The van der Waals surface area contributed by atoms with Crippen molar-refractivity contribution in [3.05, 3.63) is 0 Å². The lowest BCUT2D eigenvalue weighted by molar-refractivity contribution is -0.150. The Balaban J connectivity index is 1.82. The average Bonchev–Trinajstić information content (AvgIpc) is 2.61. The van der Waals surface area contributed by atoms with Crippen molar-refractivity contribution in [2.45, 2.75) is 103 Å². The second kappa shape index (κ2) is 15.2. The van der Waals surface area contributed by atoms with Gasteiger partial charge in [-0.05, 0) is 19.3 Å². The fourth-order valence-corrected chi connectivity index (χ4v) is 3.36. The Morgan fingerprint density at radius 2 is 1.44 bits per heavy atom. The summed E-state index contributed by atoms with van der Waals surface area (Å²) < 4.78 is 5.25. The van der Waals surface area contributed by atoms with Crippen LogP contribution in [-0.4, -0.2) is 36.5 Å². The van der Waals surface area contributed by atoms with Gasteiger partial charge in [-0.1, -0.05) is 77.6 Å². The lowest BCUT2D eigenvalue weighted by Crippen LogP contribution is -2.39. The molecule has 0 aromatic rings. The molecule has 1 saturated heterocycles. The van der Waals surface area contributed by atoms with Gasteiger partial charge in [-0.15, -0.1) is 0 Å². The fourth-order valence-electron chi connectivity index (χ4n) is 3.36. The monoisotopic (exact) mass is 353 g/mol. The van der Waals surface area contributed by atoms with E-state index in [-0.39, 0.29) is 18.4 Å². The van der Waals surface area contributed by atoms with E-state index in [9.17, 15) is 9.59 Å². The topological polar surface area (TPSA) is 46.6 Å². The largest absolute Gasteiger partial charge is 0.464 e. The molecule has 0 bridgehead atoms. The van der Waals surface area contributed by atoms with Gasteiger partial charge in [0.25, 0.3) is 0 Å². The van der Waals surface area contributed by atoms with Crippen LogP contribution in [-0.2, 0) is 14.3 Å². The van der Waals surface area contributed by atoms with Crippen LogP contribution in [0.3, 0.4) is 0 Å². The molecule has 0 aromatic heterocycles. The molecule has 0 unspecified atom stereocenters. The van der Waals surface area contributed by atoms with Crippen molar-refractivity contribution >= 4 is 11.9 Å². The molecule has 1 aliphatic rings. The highest BCUT2D eigenvalue weighted by molar-refractivity contribution is 5.82. The van der Waals surface area contributed by atoms with E-state index in [0.29, 0.717) is 19.6 Å². The molecule has 1 aliphatic heterocycles. The van der Waals surface area contributed by atoms with Crippen LogP contribution in [0, 0.1) is 0 Å². The summed E-state index contributed by atoms with van der Waals surface area (Å²) in [6, 6.07) is 0. The zero-order valence-corrected chi connectivity index (χ0v) is 16.4. The van der Waals surface area contributed by atoms with E-state index in [1.807, 2.05) is 0 Å². The third-order valence-corrected chi connectivity index (χ3v) is 5.00. The first-order chi connectivity index (χ1) is 12.2. The fraction of sp³-hybridized carbons (Fsp3) is 0.905. The van der Waals surface area contributed by atoms with Crippen molar-refractivity contribution < 1.29 is 14.3 Å². The quantitative estimate of drug-likeness (QED) is 0.299. The van der Waals surface area contributed by atoms with Gasteiger partial charge >= 0.3 is 5.97 Å². The highest BCUT2D eigenvalue weighted by atomic mass is 16.5. The zero-order valence-electron chi connectivity index (χ0n) is 16.4. The van der Waals surface area contributed by atoms with Crippen LogP contribution in [0.4, 0.5) is 0 Å². The van der Waals surface area contributed by atoms with Crippen LogP contribution < -0.4 is 0 Å². The first-order valence-electron chi connectivity index (χ1n) is 10.7. The Labute approximate surface area is 154 Å². The zero-order chi connectivity index (χ0) is 18.2. The average molecular weight is 354 g/mol. The molecule has 146 valence electrons. The number of likely N-dealkylation sites (tertiary alicyclic amines) is 1. The molecule has 1 heterocycles. The Bertz CT molecular complexity index is 357. The summed E-state index contributed by atoms with van der Waals surface area (Å²) in [5.74, 6) is -0.160. The molecule has 1 fully saturated rings. The third kappa shape index (κ3) is 12.0. The number of hydrogen-bond donors (Lipinski definition) is 0. The van der Waals surface area contributed by atoms with Crippen molar-refractivity contribution in [2.75, 3.05) is 19.7 Å². The van der Waals surface area contributed by atoms with Gasteiger partial charge < -0.3 is 9.64 Å². The highest BCUT2D eigenvalue weighted by Crippen LogP contribution is 2.12. The lowest BCUT2D eigenvalue weighted by Gasteiger charge is -2.25. The van der Waals surface area contributed by atoms with Crippen LogP contribution in [0.25, 0.3) is 0 Å². The molecule has 0 atom stereocenters. The van der Waals surface area contributed by atoms with Crippen molar-refractivity contribution in [1.82, 2.24) is 4.90 Å². The normalized spacial score (nSPS) is 14.8. The number of carbonyl (C=O) groups excluding carboxylic acids is 2. The highest BCUT2D eigenvalue weighted by Gasteiger charge is 2.20. The molecule has 1 rings (SSSR count). The van der Waals surface area contributed by atoms with Gasteiger partial charge in [0.15, 0.2) is 0 Å². The summed E-state index contributed by atoms with van der Waals surface area (Å²) in [6.07, 6.45) is 18.1. The molecular formula is C21H39NO3. The van der Waals surface area contributed by atoms with Crippen molar-refractivity contribution in [3.8, 4) is 0 Å². The molecule has 0 saturated carbocycles. The number of carbonyl (C=O) groups is 2. The second-order valence-electron chi connectivity index (χ2n) is 7.38. The van der Waals surface area contributed by atoms with Crippen molar-refractivity contribution in [2.24, 2.45) is 0 Å². The molecule has 0 N–H and O–H groups in total. The van der Waals surface area contributed by atoms with Gasteiger partial charge in [0.2, 0.25) is 5.91 Å². The van der Waals surface area contributed by atoms with Gasteiger partial charge in [0.05, 0.1) is 6.61 Å². The number of piperidine rings is 1. The number of rotatable bonds is 15. The Morgan fingerprint density at radius 1 is 0.880 bits per heavy atom. The van der Waals surface area contributed by atoms with Gasteiger partial charge in [0, 0.05) is 13.0 Å². The molecule has 0 aromatic carbocycles. The van der Waals surface area contributed by atoms with E-state index in [0.717, 1.165) is 25.7 Å². The minimum atomic E-state index is -0.252.